The minimum atomic E-state index is -0.505. The molecule has 3 rings (SSSR count). The summed E-state index contributed by atoms with van der Waals surface area (Å²) in [5, 5.41) is 12.2. The molecule has 0 bridgehead atoms. The van der Waals surface area contributed by atoms with E-state index in [4.69, 9.17) is 15.9 Å². The summed E-state index contributed by atoms with van der Waals surface area (Å²) in [6, 6.07) is 22.4. The summed E-state index contributed by atoms with van der Waals surface area (Å²) in [7, 11) is 0. The lowest BCUT2D eigenvalue weighted by Gasteiger charge is -2.10. The fourth-order valence-corrected chi connectivity index (χ4v) is 4.57. The van der Waals surface area contributed by atoms with Crippen molar-refractivity contribution >= 4 is 56.2 Å². The minimum absolute atomic E-state index is 0.0283. The van der Waals surface area contributed by atoms with Crippen LogP contribution in [0.4, 0.5) is 5.69 Å². The fourth-order valence-electron chi connectivity index (χ4n) is 2.80. The summed E-state index contributed by atoms with van der Waals surface area (Å²) in [5.74, 6) is 3.21. The molecule has 1 N–H and O–H groups in total. The average Bonchev–Trinajstić information content (AvgIpc) is 2.82. The van der Waals surface area contributed by atoms with Crippen LogP contribution < -0.4 is 14.8 Å². The molecule has 0 atom stereocenters. The van der Waals surface area contributed by atoms with Gasteiger partial charge in [0.1, 0.15) is 36.4 Å². The molecule has 0 saturated carbocycles. The van der Waals surface area contributed by atoms with Gasteiger partial charge in [-0.1, -0.05) is 36.3 Å². The number of ether oxygens (including phenoxy) is 2. The number of anilines is 1. The van der Waals surface area contributed by atoms with Crippen LogP contribution in [0.25, 0.3) is 6.08 Å². The number of halogens is 2. The van der Waals surface area contributed by atoms with Gasteiger partial charge in [-0.3, -0.25) is 4.79 Å². The Morgan fingerprint density at radius 3 is 2.48 bits per heavy atom. The molecule has 164 valence electrons. The number of hydrogen-bond donors (Lipinski definition) is 1. The van der Waals surface area contributed by atoms with Crippen LogP contribution in [-0.4, -0.2) is 12.5 Å². The quantitative estimate of drug-likeness (QED) is 0.143. The molecular formula is C26H18BrIN2O3. The maximum atomic E-state index is 12.6. The Kier molecular flexibility index (Phi) is 8.94. The van der Waals surface area contributed by atoms with Gasteiger partial charge in [0.15, 0.2) is 0 Å². The van der Waals surface area contributed by atoms with Gasteiger partial charge < -0.3 is 14.8 Å². The summed E-state index contributed by atoms with van der Waals surface area (Å²) < 4.78 is 12.7. The number of rotatable bonds is 8. The summed E-state index contributed by atoms with van der Waals surface area (Å²) in [5.41, 5.74) is 2.27. The Balaban J connectivity index is 1.66. The first-order valence-electron chi connectivity index (χ1n) is 9.75. The molecule has 0 heterocycles. The van der Waals surface area contributed by atoms with Crippen LogP contribution in [0.5, 0.6) is 11.5 Å². The van der Waals surface area contributed by atoms with Crippen molar-refractivity contribution in [3.63, 3.8) is 0 Å². The Bertz CT molecular complexity index is 1220. The van der Waals surface area contributed by atoms with Crippen molar-refractivity contribution in [2.45, 2.75) is 6.61 Å². The highest BCUT2D eigenvalue weighted by Gasteiger charge is 2.12. The second-order valence-corrected chi connectivity index (χ2v) is 8.75. The average molecular weight is 613 g/mol. The van der Waals surface area contributed by atoms with Crippen molar-refractivity contribution in [2.24, 2.45) is 0 Å². The van der Waals surface area contributed by atoms with Crippen molar-refractivity contribution in [1.82, 2.24) is 0 Å². The number of terminal acetylenes is 1. The smallest absolute Gasteiger partial charge is 0.266 e. The molecule has 33 heavy (non-hydrogen) atoms. The number of carbonyl (C=O) groups is 1. The molecule has 0 aromatic heterocycles. The molecule has 0 aliphatic rings. The number of hydrogen-bond acceptors (Lipinski definition) is 4. The first kappa shape index (κ1) is 24.4. The zero-order valence-electron chi connectivity index (χ0n) is 17.3. The molecule has 0 aliphatic heterocycles. The summed E-state index contributed by atoms with van der Waals surface area (Å²) in [6.45, 7) is 0.598. The van der Waals surface area contributed by atoms with E-state index in [-0.39, 0.29) is 12.2 Å². The zero-order chi connectivity index (χ0) is 23.6. The van der Waals surface area contributed by atoms with Crippen LogP contribution in [-0.2, 0) is 11.4 Å². The number of nitriles is 1. The SMILES string of the molecule is C#CCOc1c(Br)cc(/C=C(\C#N)C(=O)Nc2ccc(OCc3ccccc3)cc2)cc1I. The van der Waals surface area contributed by atoms with Gasteiger partial charge in [0.05, 0.1) is 8.04 Å². The van der Waals surface area contributed by atoms with Crippen molar-refractivity contribution in [3.8, 4) is 29.9 Å². The third kappa shape index (κ3) is 7.11. The van der Waals surface area contributed by atoms with E-state index < -0.39 is 5.91 Å². The van der Waals surface area contributed by atoms with E-state index in [1.165, 1.54) is 6.08 Å². The van der Waals surface area contributed by atoms with Crippen molar-refractivity contribution in [3.05, 3.63) is 91.5 Å². The van der Waals surface area contributed by atoms with Crippen LogP contribution in [0.2, 0.25) is 0 Å². The maximum absolute atomic E-state index is 12.6. The van der Waals surface area contributed by atoms with E-state index in [1.54, 1.807) is 36.4 Å². The number of amides is 1. The summed E-state index contributed by atoms with van der Waals surface area (Å²) >= 11 is 5.55. The van der Waals surface area contributed by atoms with Gasteiger partial charge >= 0.3 is 0 Å². The Hall–Kier alpha value is -3.27. The highest BCUT2D eigenvalue weighted by Crippen LogP contribution is 2.32. The Morgan fingerprint density at radius 1 is 1.12 bits per heavy atom. The van der Waals surface area contributed by atoms with Gasteiger partial charge in [-0.05, 0) is 92.1 Å². The second kappa shape index (κ2) is 12.1. The molecule has 1 amide bonds. The third-order valence-corrected chi connectivity index (χ3v) is 5.75. The van der Waals surface area contributed by atoms with Gasteiger partial charge in [0, 0.05) is 5.69 Å². The molecule has 0 aliphatic carbocycles. The largest absolute Gasteiger partial charge is 0.489 e. The lowest BCUT2D eigenvalue weighted by molar-refractivity contribution is -0.112. The first-order valence-corrected chi connectivity index (χ1v) is 11.6. The van der Waals surface area contributed by atoms with Crippen LogP contribution in [0, 0.1) is 27.2 Å². The van der Waals surface area contributed by atoms with E-state index in [1.807, 2.05) is 36.4 Å². The van der Waals surface area contributed by atoms with Gasteiger partial charge in [-0.2, -0.15) is 5.26 Å². The van der Waals surface area contributed by atoms with Crippen LogP contribution >= 0.6 is 38.5 Å². The monoisotopic (exact) mass is 612 g/mol. The predicted octanol–water partition coefficient (Wildman–Crippen LogP) is 6.19. The van der Waals surface area contributed by atoms with Crippen LogP contribution in [0.1, 0.15) is 11.1 Å². The Labute approximate surface area is 214 Å². The highest BCUT2D eigenvalue weighted by atomic mass is 127. The summed E-state index contributed by atoms with van der Waals surface area (Å²) in [4.78, 5) is 12.6. The number of nitrogens with one attached hydrogen (secondary N) is 1. The number of nitrogens with zero attached hydrogens (tertiary/aromatic N) is 1. The first-order chi connectivity index (χ1) is 16.0. The van der Waals surface area contributed by atoms with Gasteiger partial charge in [0.2, 0.25) is 0 Å². The van der Waals surface area contributed by atoms with E-state index >= 15 is 0 Å². The van der Waals surface area contributed by atoms with E-state index in [9.17, 15) is 10.1 Å². The van der Waals surface area contributed by atoms with E-state index in [0.29, 0.717) is 33.8 Å². The Morgan fingerprint density at radius 2 is 1.85 bits per heavy atom. The van der Waals surface area contributed by atoms with E-state index in [2.05, 4.69) is 49.8 Å². The van der Waals surface area contributed by atoms with Gasteiger partial charge in [-0.25, -0.2) is 0 Å². The molecule has 0 spiro atoms. The van der Waals surface area contributed by atoms with Crippen LogP contribution in [0.3, 0.4) is 0 Å². The van der Waals surface area contributed by atoms with Crippen molar-refractivity contribution in [1.29, 1.82) is 5.26 Å². The van der Waals surface area contributed by atoms with Crippen LogP contribution in [0.15, 0.2) is 76.8 Å². The lowest BCUT2D eigenvalue weighted by Crippen LogP contribution is -2.13. The molecule has 5 nitrogen and oxygen atoms in total. The second-order valence-electron chi connectivity index (χ2n) is 6.73. The number of benzene rings is 3. The van der Waals surface area contributed by atoms with Crippen molar-refractivity contribution in [2.75, 3.05) is 11.9 Å². The minimum Gasteiger partial charge on any atom is -0.489 e. The maximum Gasteiger partial charge on any atom is 0.266 e. The van der Waals surface area contributed by atoms with Gasteiger partial charge in [-0.15, -0.1) is 6.42 Å². The molecule has 0 saturated heterocycles. The third-order valence-electron chi connectivity index (χ3n) is 4.36. The summed E-state index contributed by atoms with van der Waals surface area (Å²) in [6.07, 6.45) is 6.76. The standard InChI is InChI=1S/C26H18BrIN2O3/c1-2-12-32-25-23(27)14-19(15-24(25)28)13-20(16-29)26(31)30-21-8-10-22(11-9-21)33-17-18-6-4-3-5-7-18/h1,3-11,13-15H,12,17H2,(H,30,31)/b20-13+. The molecular weight excluding hydrogens is 595 g/mol. The number of carbonyl (C=O) groups excluding carboxylic acids is 1. The molecule has 0 unspecified atom stereocenters. The fraction of sp³-hybridized carbons (Fsp3) is 0.0769. The molecule has 0 fully saturated rings. The topological polar surface area (TPSA) is 71.3 Å². The molecule has 0 radical (unpaired) electrons. The van der Waals surface area contributed by atoms with E-state index in [0.717, 1.165) is 9.13 Å². The predicted molar refractivity (Wildman–Crippen MR) is 141 cm³/mol. The molecule has 3 aromatic carbocycles. The molecule has 3 aromatic rings. The molecule has 7 heteroatoms. The highest BCUT2D eigenvalue weighted by molar-refractivity contribution is 14.1. The van der Waals surface area contributed by atoms with Crippen molar-refractivity contribution < 1.29 is 14.3 Å². The van der Waals surface area contributed by atoms with Gasteiger partial charge in [0.25, 0.3) is 5.91 Å². The zero-order valence-corrected chi connectivity index (χ0v) is 21.1. The normalized spacial score (nSPS) is 10.6. The lowest BCUT2D eigenvalue weighted by atomic mass is 10.1.